The van der Waals surface area contributed by atoms with Gasteiger partial charge in [-0.05, 0) is 31.4 Å². The van der Waals surface area contributed by atoms with Crippen LogP contribution in [0.3, 0.4) is 0 Å². The Balaban J connectivity index is 1.46. The summed E-state index contributed by atoms with van der Waals surface area (Å²) in [6.45, 7) is 4.06. The normalized spacial score (nSPS) is 19.0. The molecule has 0 radical (unpaired) electrons. The molecule has 162 valence electrons. The van der Waals surface area contributed by atoms with Crippen LogP contribution in [0.1, 0.15) is 19.3 Å². The molecule has 0 bridgehead atoms. The highest BCUT2D eigenvalue weighted by Gasteiger charge is 2.29. The standard InChI is InChI=1S/C18H27ClN4O4S2/c1-20(29(26,27)18-6-5-15(19)28-18)13-16(24)23-11-9-21(10-12-23)14-17(25)22-7-3-2-4-8-22/h5-6H,2-4,7-14H2,1H3. The number of thiophene rings is 1. The van der Waals surface area contributed by atoms with E-state index in [2.05, 4.69) is 4.90 Å². The zero-order chi connectivity index (χ0) is 21.0. The number of likely N-dealkylation sites (N-methyl/N-ethyl adjacent to an activating group) is 1. The fraction of sp³-hybridized carbons (Fsp3) is 0.667. The van der Waals surface area contributed by atoms with Gasteiger partial charge in [0.15, 0.2) is 0 Å². The highest BCUT2D eigenvalue weighted by Crippen LogP contribution is 2.27. The number of carbonyl (C=O) groups is 2. The largest absolute Gasteiger partial charge is 0.342 e. The van der Waals surface area contributed by atoms with Gasteiger partial charge in [-0.15, -0.1) is 11.3 Å². The molecule has 1 aromatic rings. The summed E-state index contributed by atoms with van der Waals surface area (Å²) in [7, 11) is -2.33. The molecule has 11 heteroatoms. The third-order valence-electron chi connectivity index (χ3n) is 5.36. The molecular formula is C18H27ClN4O4S2. The molecule has 8 nitrogen and oxygen atoms in total. The Kier molecular flexibility index (Phi) is 7.55. The Labute approximate surface area is 181 Å². The van der Waals surface area contributed by atoms with E-state index in [9.17, 15) is 18.0 Å². The van der Waals surface area contributed by atoms with Crippen LogP contribution in [0, 0.1) is 0 Å². The Morgan fingerprint density at radius 3 is 2.21 bits per heavy atom. The highest BCUT2D eigenvalue weighted by atomic mass is 35.5. The molecule has 0 spiro atoms. The van der Waals surface area contributed by atoms with E-state index in [4.69, 9.17) is 11.6 Å². The summed E-state index contributed by atoms with van der Waals surface area (Å²) in [5.41, 5.74) is 0. The average molecular weight is 463 g/mol. The summed E-state index contributed by atoms with van der Waals surface area (Å²) in [6, 6.07) is 2.97. The quantitative estimate of drug-likeness (QED) is 0.634. The SMILES string of the molecule is CN(CC(=O)N1CCN(CC(=O)N2CCCCC2)CC1)S(=O)(=O)c1ccc(Cl)s1. The van der Waals surface area contributed by atoms with Gasteiger partial charge < -0.3 is 9.80 Å². The van der Waals surface area contributed by atoms with Gasteiger partial charge in [-0.2, -0.15) is 4.31 Å². The van der Waals surface area contributed by atoms with Gasteiger partial charge >= 0.3 is 0 Å². The van der Waals surface area contributed by atoms with Gasteiger partial charge in [0.25, 0.3) is 10.0 Å². The molecule has 1 aromatic heterocycles. The Hall–Kier alpha value is -1.20. The third-order valence-corrected chi connectivity index (χ3v) is 8.87. The monoisotopic (exact) mass is 462 g/mol. The van der Waals surface area contributed by atoms with Crippen molar-refractivity contribution in [2.24, 2.45) is 0 Å². The number of sulfonamides is 1. The maximum atomic E-state index is 12.6. The zero-order valence-corrected chi connectivity index (χ0v) is 18.9. The lowest BCUT2D eigenvalue weighted by molar-refractivity contribution is -0.135. The number of piperidine rings is 1. The first-order chi connectivity index (χ1) is 13.8. The van der Waals surface area contributed by atoms with E-state index in [-0.39, 0.29) is 22.6 Å². The van der Waals surface area contributed by atoms with Gasteiger partial charge in [0.2, 0.25) is 11.8 Å². The first-order valence-electron chi connectivity index (χ1n) is 9.77. The molecule has 0 saturated carbocycles. The van der Waals surface area contributed by atoms with Crippen LogP contribution in [0.15, 0.2) is 16.3 Å². The maximum absolute atomic E-state index is 12.6. The van der Waals surface area contributed by atoms with Gasteiger partial charge in [-0.3, -0.25) is 14.5 Å². The molecule has 0 unspecified atom stereocenters. The van der Waals surface area contributed by atoms with Crippen LogP contribution in [-0.4, -0.2) is 98.6 Å². The van der Waals surface area contributed by atoms with Crippen LogP contribution < -0.4 is 0 Å². The topological polar surface area (TPSA) is 81.2 Å². The molecule has 0 N–H and O–H groups in total. The number of halogens is 1. The van der Waals surface area contributed by atoms with Crippen molar-refractivity contribution in [2.45, 2.75) is 23.5 Å². The molecule has 3 rings (SSSR count). The summed E-state index contributed by atoms with van der Waals surface area (Å²) in [6.07, 6.45) is 3.33. The first kappa shape index (κ1) is 22.5. The number of hydrogen-bond donors (Lipinski definition) is 0. The van der Waals surface area contributed by atoms with Crippen molar-refractivity contribution in [3.63, 3.8) is 0 Å². The maximum Gasteiger partial charge on any atom is 0.252 e. The minimum atomic E-state index is -3.73. The van der Waals surface area contributed by atoms with E-state index in [0.29, 0.717) is 37.1 Å². The zero-order valence-electron chi connectivity index (χ0n) is 16.5. The smallest absolute Gasteiger partial charge is 0.252 e. The molecule has 29 heavy (non-hydrogen) atoms. The van der Waals surface area contributed by atoms with Crippen molar-refractivity contribution in [1.82, 2.24) is 19.0 Å². The molecule has 0 aliphatic carbocycles. The summed E-state index contributed by atoms with van der Waals surface area (Å²) in [4.78, 5) is 30.6. The van der Waals surface area contributed by atoms with Crippen molar-refractivity contribution < 1.29 is 18.0 Å². The fourth-order valence-electron chi connectivity index (χ4n) is 3.56. The van der Waals surface area contributed by atoms with Crippen LogP contribution in [-0.2, 0) is 19.6 Å². The summed E-state index contributed by atoms with van der Waals surface area (Å²) in [5, 5.41) is 0. The lowest BCUT2D eigenvalue weighted by Gasteiger charge is -2.36. The van der Waals surface area contributed by atoms with E-state index in [1.165, 1.54) is 25.6 Å². The van der Waals surface area contributed by atoms with Crippen LogP contribution in [0.4, 0.5) is 0 Å². The predicted octanol–water partition coefficient (Wildman–Crippen LogP) is 1.18. The van der Waals surface area contributed by atoms with Crippen molar-refractivity contribution in [2.75, 3.05) is 59.4 Å². The summed E-state index contributed by atoms with van der Waals surface area (Å²) >= 11 is 6.80. The number of likely N-dealkylation sites (tertiary alicyclic amines) is 1. The van der Waals surface area contributed by atoms with E-state index in [1.807, 2.05) is 4.90 Å². The van der Waals surface area contributed by atoms with Crippen molar-refractivity contribution >= 4 is 44.8 Å². The van der Waals surface area contributed by atoms with Crippen molar-refractivity contribution in [3.05, 3.63) is 16.5 Å². The Morgan fingerprint density at radius 1 is 1.00 bits per heavy atom. The van der Waals surface area contributed by atoms with Crippen molar-refractivity contribution in [3.8, 4) is 0 Å². The predicted molar refractivity (Wildman–Crippen MR) is 113 cm³/mol. The molecule has 0 aromatic carbocycles. The first-order valence-corrected chi connectivity index (χ1v) is 12.4. The molecule has 2 amide bonds. The number of hydrogen-bond acceptors (Lipinski definition) is 6. The van der Waals surface area contributed by atoms with E-state index < -0.39 is 10.0 Å². The number of amides is 2. The van der Waals surface area contributed by atoms with E-state index in [0.717, 1.165) is 41.6 Å². The molecule has 2 aliphatic heterocycles. The van der Waals surface area contributed by atoms with Gasteiger partial charge in [0.1, 0.15) is 4.21 Å². The molecule has 2 aliphatic rings. The van der Waals surface area contributed by atoms with Crippen molar-refractivity contribution in [1.29, 1.82) is 0 Å². The fourth-order valence-corrected chi connectivity index (χ4v) is 6.37. The minimum Gasteiger partial charge on any atom is -0.342 e. The van der Waals surface area contributed by atoms with E-state index in [1.54, 1.807) is 4.90 Å². The Morgan fingerprint density at radius 2 is 1.62 bits per heavy atom. The van der Waals surface area contributed by atoms with Crippen LogP contribution >= 0.6 is 22.9 Å². The second kappa shape index (κ2) is 9.74. The lowest BCUT2D eigenvalue weighted by atomic mass is 10.1. The van der Waals surface area contributed by atoms with Gasteiger partial charge in [-0.1, -0.05) is 11.6 Å². The number of rotatable bonds is 6. The van der Waals surface area contributed by atoms with E-state index >= 15 is 0 Å². The number of piperazine rings is 1. The highest BCUT2D eigenvalue weighted by molar-refractivity contribution is 7.91. The second-order valence-electron chi connectivity index (χ2n) is 7.42. The van der Waals surface area contributed by atoms with Gasteiger partial charge in [0.05, 0.1) is 17.4 Å². The molecular weight excluding hydrogens is 436 g/mol. The molecule has 2 fully saturated rings. The van der Waals surface area contributed by atoms with Gasteiger partial charge in [0, 0.05) is 46.3 Å². The van der Waals surface area contributed by atoms with Crippen LogP contribution in [0.2, 0.25) is 4.34 Å². The van der Waals surface area contributed by atoms with Gasteiger partial charge in [-0.25, -0.2) is 8.42 Å². The third kappa shape index (κ3) is 5.69. The summed E-state index contributed by atoms with van der Waals surface area (Å²) in [5.74, 6) is -0.0781. The Bertz CT molecular complexity index is 831. The van der Waals surface area contributed by atoms with Crippen LogP contribution in [0.25, 0.3) is 0 Å². The minimum absolute atomic E-state index is 0.124. The lowest BCUT2D eigenvalue weighted by Crippen LogP contribution is -2.53. The number of carbonyl (C=O) groups excluding carboxylic acids is 2. The molecule has 0 atom stereocenters. The number of nitrogens with zero attached hydrogens (tertiary/aromatic N) is 4. The van der Waals surface area contributed by atoms with Crippen LogP contribution in [0.5, 0.6) is 0 Å². The average Bonchev–Trinajstić information content (AvgIpc) is 3.16. The second-order valence-corrected chi connectivity index (χ2v) is 11.4. The molecule has 3 heterocycles. The summed E-state index contributed by atoms with van der Waals surface area (Å²) < 4.78 is 26.7. The molecule has 2 saturated heterocycles.